The summed E-state index contributed by atoms with van der Waals surface area (Å²) in [4.78, 5) is 49.8. The van der Waals surface area contributed by atoms with E-state index in [1.165, 1.54) is 0 Å². The number of anilines is 1. The third-order valence-electron chi connectivity index (χ3n) is 5.18. The van der Waals surface area contributed by atoms with Gasteiger partial charge in [0.05, 0.1) is 11.1 Å². The fourth-order valence-electron chi connectivity index (χ4n) is 3.50. The Balaban J connectivity index is 1.82. The van der Waals surface area contributed by atoms with Crippen molar-refractivity contribution in [2.75, 3.05) is 5.32 Å². The molecule has 0 aliphatic carbocycles. The first kappa shape index (κ1) is 19.0. The van der Waals surface area contributed by atoms with Crippen LogP contribution >= 0.6 is 0 Å². The molecule has 8 nitrogen and oxygen atoms in total. The average molecular weight is 372 g/mol. The Bertz CT molecular complexity index is 820. The van der Waals surface area contributed by atoms with Crippen molar-refractivity contribution in [2.24, 2.45) is 11.7 Å². The van der Waals surface area contributed by atoms with Crippen molar-refractivity contribution in [3.05, 3.63) is 29.3 Å². The summed E-state index contributed by atoms with van der Waals surface area (Å²) >= 11 is 0. The Morgan fingerprint density at radius 1 is 1.11 bits per heavy atom. The Morgan fingerprint density at radius 2 is 1.78 bits per heavy atom. The number of nitrogens with zero attached hydrogens (tertiary/aromatic N) is 1. The number of piperidine rings is 1. The largest absolute Gasteiger partial charge is 0.381 e. The van der Waals surface area contributed by atoms with Gasteiger partial charge in [0.1, 0.15) is 6.04 Å². The summed E-state index contributed by atoms with van der Waals surface area (Å²) in [5, 5.41) is 5.45. The molecule has 1 aromatic carbocycles. The first-order chi connectivity index (χ1) is 12.7. The fourth-order valence-corrected chi connectivity index (χ4v) is 3.50. The number of carbonyl (C=O) groups is 4. The Labute approximate surface area is 157 Å². The summed E-state index contributed by atoms with van der Waals surface area (Å²) in [5.41, 5.74) is 7.35. The molecule has 144 valence electrons. The summed E-state index contributed by atoms with van der Waals surface area (Å²) in [5.74, 6) is -1.75. The highest BCUT2D eigenvalue weighted by molar-refractivity contribution is 6.23. The van der Waals surface area contributed by atoms with Gasteiger partial charge in [0, 0.05) is 24.2 Å². The fraction of sp³-hybridized carbons (Fsp3) is 0.474. The molecule has 0 spiro atoms. The van der Waals surface area contributed by atoms with Crippen molar-refractivity contribution in [1.29, 1.82) is 0 Å². The minimum Gasteiger partial charge on any atom is -0.381 e. The Kier molecular flexibility index (Phi) is 5.01. The third kappa shape index (κ3) is 3.44. The standard InChI is InChI=1S/C19H24N4O4/c1-9(2)16(20)10(3)21-11-4-5-12-13(8-11)19(27)23(18(12)26)14-6-7-15(24)22-17(14)25/h4-5,8-10,14,16,21H,6-7,20H2,1-3H3,(H,22,24,25). The van der Waals surface area contributed by atoms with Crippen LogP contribution < -0.4 is 16.4 Å². The molecule has 2 aliphatic heterocycles. The highest BCUT2D eigenvalue weighted by Gasteiger charge is 2.44. The van der Waals surface area contributed by atoms with E-state index in [1.807, 2.05) is 20.8 Å². The van der Waals surface area contributed by atoms with Gasteiger partial charge in [0.15, 0.2) is 0 Å². The molecule has 1 saturated heterocycles. The number of amides is 4. The zero-order valence-corrected chi connectivity index (χ0v) is 15.6. The van der Waals surface area contributed by atoms with Gasteiger partial charge in [-0.1, -0.05) is 13.8 Å². The predicted octanol–water partition coefficient (Wildman–Crippen LogP) is 0.871. The van der Waals surface area contributed by atoms with Crippen molar-refractivity contribution in [3.8, 4) is 0 Å². The van der Waals surface area contributed by atoms with E-state index < -0.39 is 29.7 Å². The maximum atomic E-state index is 12.8. The molecular weight excluding hydrogens is 348 g/mol. The quantitative estimate of drug-likeness (QED) is 0.660. The van der Waals surface area contributed by atoms with Gasteiger partial charge in [0.2, 0.25) is 11.8 Å². The van der Waals surface area contributed by atoms with Crippen molar-refractivity contribution >= 4 is 29.3 Å². The second-order valence-corrected chi connectivity index (χ2v) is 7.46. The number of hydrogen-bond donors (Lipinski definition) is 3. The van der Waals surface area contributed by atoms with E-state index in [4.69, 9.17) is 5.73 Å². The molecule has 1 fully saturated rings. The molecule has 1 aromatic rings. The van der Waals surface area contributed by atoms with E-state index in [0.717, 1.165) is 4.90 Å². The van der Waals surface area contributed by atoms with E-state index in [-0.39, 0.29) is 42.0 Å². The van der Waals surface area contributed by atoms with Gasteiger partial charge < -0.3 is 11.1 Å². The second kappa shape index (κ2) is 7.11. The van der Waals surface area contributed by atoms with Crippen LogP contribution in [-0.4, -0.2) is 46.7 Å². The minimum absolute atomic E-state index is 0.0264. The smallest absolute Gasteiger partial charge is 0.262 e. The zero-order chi connectivity index (χ0) is 19.9. The predicted molar refractivity (Wildman–Crippen MR) is 99.0 cm³/mol. The van der Waals surface area contributed by atoms with E-state index in [2.05, 4.69) is 10.6 Å². The Morgan fingerprint density at radius 3 is 2.41 bits per heavy atom. The molecule has 27 heavy (non-hydrogen) atoms. The number of nitrogens with two attached hydrogens (primary N) is 1. The van der Waals surface area contributed by atoms with E-state index in [1.54, 1.807) is 18.2 Å². The zero-order valence-electron chi connectivity index (χ0n) is 15.6. The van der Waals surface area contributed by atoms with Crippen LogP contribution in [0.15, 0.2) is 18.2 Å². The van der Waals surface area contributed by atoms with Crippen molar-refractivity contribution in [2.45, 2.75) is 51.7 Å². The molecule has 8 heteroatoms. The number of hydrogen-bond acceptors (Lipinski definition) is 6. The summed E-state index contributed by atoms with van der Waals surface area (Å²) in [6.45, 7) is 6.03. The number of imide groups is 2. The SMILES string of the molecule is CC(C)C(N)C(C)Nc1ccc2c(c1)C(=O)N(C1CCC(=O)NC1=O)C2=O. The number of carbonyl (C=O) groups excluding carboxylic acids is 4. The number of nitrogens with one attached hydrogen (secondary N) is 2. The molecule has 3 unspecified atom stereocenters. The number of benzene rings is 1. The van der Waals surface area contributed by atoms with Crippen molar-refractivity contribution < 1.29 is 19.2 Å². The van der Waals surface area contributed by atoms with Crippen LogP contribution in [0.5, 0.6) is 0 Å². The van der Waals surface area contributed by atoms with E-state index in [0.29, 0.717) is 5.69 Å². The second-order valence-electron chi connectivity index (χ2n) is 7.46. The maximum absolute atomic E-state index is 12.8. The molecule has 4 N–H and O–H groups in total. The minimum atomic E-state index is -0.959. The monoisotopic (exact) mass is 372 g/mol. The van der Waals surface area contributed by atoms with Gasteiger partial charge in [-0.05, 0) is 37.5 Å². The molecule has 0 bridgehead atoms. The molecule has 2 heterocycles. The molecule has 0 aromatic heterocycles. The lowest BCUT2D eigenvalue weighted by molar-refractivity contribution is -0.136. The van der Waals surface area contributed by atoms with Gasteiger partial charge in [-0.15, -0.1) is 0 Å². The van der Waals surface area contributed by atoms with Crippen molar-refractivity contribution in [3.63, 3.8) is 0 Å². The number of rotatable bonds is 5. The van der Waals surface area contributed by atoms with E-state index >= 15 is 0 Å². The Hall–Kier alpha value is -2.74. The molecular formula is C19H24N4O4. The summed E-state index contributed by atoms with van der Waals surface area (Å²) in [7, 11) is 0. The normalized spacial score (nSPS) is 22.0. The van der Waals surface area contributed by atoms with Crippen molar-refractivity contribution in [1.82, 2.24) is 10.2 Å². The lowest BCUT2D eigenvalue weighted by Crippen LogP contribution is -2.54. The first-order valence-corrected chi connectivity index (χ1v) is 9.08. The summed E-state index contributed by atoms with van der Waals surface area (Å²) in [6.07, 6.45) is 0.239. The topological polar surface area (TPSA) is 122 Å². The van der Waals surface area contributed by atoms with Crippen LogP contribution in [0.1, 0.15) is 54.3 Å². The van der Waals surface area contributed by atoms with Gasteiger partial charge in [-0.25, -0.2) is 0 Å². The van der Waals surface area contributed by atoms with Gasteiger partial charge in [0.25, 0.3) is 11.8 Å². The summed E-state index contributed by atoms with van der Waals surface area (Å²) in [6, 6.07) is 3.86. The first-order valence-electron chi connectivity index (χ1n) is 9.08. The van der Waals surface area contributed by atoms with E-state index in [9.17, 15) is 19.2 Å². The number of fused-ring (bicyclic) bond motifs is 1. The van der Waals surface area contributed by atoms with Gasteiger partial charge >= 0.3 is 0 Å². The highest BCUT2D eigenvalue weighted by Crippen LogP contribution is 2.29. The molecule has 0 saturated carbocycles. The molecule has 3 atom stereocenters. The molecule has 3 rings (SSSR count). The average Bonchev–Trinajstić information content (AvgIpc) is 2.85. The molecule has 0 radical (unpaired) electrons. The van der Waals surface area contributed by atoms with Crippen LogP contribution in [0, 0.1) is 5.92 Å². The van der Waals surface area contributed by atoms with Crippen LogP contribution in [-0.2, 0) is 9.59 Å². The molecule has 2 aliphatic rings. The third-order valence-corrected chi connectivity index (χ3v) is 5.18. The van der Waals surface area contributed by atoms with Gasteiger partial charge in [-0.3, -0.25) is 29.4 Å². The lowest BCUT2D eigenvalue weighted by atomic mass is 9.98. The lowest BCUT2D eigenvalue weighted by Gasteiger charge is -2.27. The van der Waals surface area contributed by atoms with Gasteiger partial charge in [-0.2, -0.15) is 0 Å². The molecule has 4 amide bonds. The van der Waals surface area contributed by atoms with Crippen LogP contribution in [0.25, 0.3) is 0 Å². The maximum Gasteiger partial charge on any atom is 0.262 e. The van der Waals surface area contributed by atoms with Crippen LogP contribution in [0.3, 0.4) is 0 Å². The van der Waals surface area contributed by atoms with Crippen LogP contribution in [0.4, 0.5) is 5.69 Å². The highest BCUT2D eigenvalue weighted by atomic mass is 16.2. The van der Waals surface area contributed by atoms with Crippen LogP contribution in [0.2, 0.25) is 0 Å². The summed E-state index contributed by atoms with van der Waals surface area (Å²) < 4.78 is 0.